The molecule has 0 aliphatic heterocycles. The quantitative estimate of drug-likeness (QED) is 0.754. The zero-order valence-corrected chi connectivity index (χ0v) is 12.5. The summed E-state index contributed by atoms with van der Waals surface area (Å²) in [7, 11) is 0. The van der Waals surface area contributed by atoms with Gasteiger partial charge in [-0.15, -0.1) is 0 Å². The third kappa shape index (κ3) is 3.60. The lowest BCUT2D eigenvalue weighted by Gasteiger charge is -2.14. The maximum Gasteiger partial charge on any atom is 0.175 e. The van der Waals surface area contributed by atoms with E-state index in [0.29, 0.717) is 20.8 Å². The molecule has 0 saturated carbocycles. The molecule has 0 fully saturated rings. The van der Waals surface area contributed by atoms with Crippen LogP contribution in [0.25, 0.3) is 0 Å². The first kappa shape index (κ1) is 14.1. The van der Waals surface area contributed by atoms with Crippen LogP contribution in [0, 0.1) is 6.92 Å². The minimum absolute atomic E-state index is 0.445. The van der Waals surface area contributed by atoms with Gasteiger partial charge in [-0.2, -0.15) is 0 Å². The second-order valence-corrected chi connectivity index (χ2v) is 5.19. The highest BCUT2D eigenvalue weighted by Crippen LogP contribution is 2.32. The lowest BCUT2D eigenvalue weighted by atomic mass is 10.2. The Bertz CT molecular complexity index is 600. The van der Waals surface area contributed by atoms with Crippen molar-refractivity contribution in [3.8, 4) is 0 Å². The van der Waals surface area contributed by atoms with Gasteiger partial charge in [0.05, 0.1) is 15.7 Å². The molecule has 0 saturated heterocycles. The standard InChI is InChI=1S/C14H12Cl2N2S/c1-9-7-8-11(15)13(12(9)16)18-14(19)17-10-5-3-2-4-6-10/h2-8H,1H3,(H2,17,18,19). The Morgan fingerprint density at radius 1 is 1.00 bits per heavy atom. The summed E-state index contributed by atoms with van der Waals surface area (Å²) in [6, 6.07) is 13.3. The average Bonchev–Trinajstić information content (AvgIpc) is 2.40. The van der Waals surface area contributed by atoms with Crippen molar-refractivity contribution in [1.29, 1.82) is 0 Å². The summed E-state index contributed by atoms with van der Waals surface area (Å²) in [6.45, 7) is 1.91. The first-order valence-electron chi connectivity index (χ1n) is 5.65. The van der Waals surface area contributed by atoms with Crippen LogP contribution in [0.15, 0.2) is 42.5 Å². The Hall–Kier alpha value is -1.29. The van der Waals surface area contributed by atoms with E-state index in [0.717, 1.165) is 11.3 Å². The zero-order chi connectivity index (χ0) is 13.8. The molecule has 98 valence electrons. The summed E-state index contributed by atoms with van der Waals surface area (Å²) in [5.74, 6) is 0. The molecule has 0 radical (unpaired) electrons. The number of halogens is 2. The van der Waals surface area contributed by atoms with Crippen LogP contribution in [0.3, 0.4) is 0 Å². The summed E-state index contributed by atoms with van der Waals surface area (Å²) in [4.78, 5) is 0. The van der Waals surface area contributed by atoms with Gasteiger partial charge in [-0.25, -0.2) is 0 Å². The number of nitrogens with one attached hydrogen (secondary N) is 2. The van der Waals surface area contributed by atoms with Crippen molar-refractivity contribution in [2.45, 2.75) is 6.92 Å². The number of aryl methyl sites for hydroxylation is 1. The number of hydrogen-bond donors (Lipinski definition) is 2. The second-order valence-electron chi connectivity index (χ2n) is 4.00. The van der Waals surface area contributed by atoms with Gasteiger partial charge >= 0.3 is 0 Å². The summed E-state index contributed by atoms with van der Waals surface area (Å²) in [5.41, 5.74) is 2.47. The van der Waals surface area contributed by atoms with Gasteiger partial charge in [0.25, 0.3) is 0 Å². The van der Waals surface area contributed by atoms with E-state index < -0.39 is 0 Å². The highest BCUT2D eigenvalue weighted by molar-refractivity contribution is 7.80. The lowest BCUT2D eigenvalue weighted by molar-refractivity contribution is 1.46. The van der Waals surface area contributed by atoms with Crippen LogP contribution < -0.4 is 10.6 Å². The molecule has 0 aromatic heterocycles. The first-order chi connectivity index (χ1) is 9.08. The first-order valence-corrected chi connectivity index (χ1v) is 6.82. The van der Waals surface area contributed by atoms with Crippen LogP contribution >= 0.6 is 35.4 Å². The van der Waals surface area contributed by atoms with Crippen molar-refractivity contribution < 1.29 is 0 Å². The largest absolute Gasteiger partial charge is 0.332 e. The Kier molecular flexibility index (Phi) is 4.64. The molecule has 0 atom stereocenters. The molecule has 0 bridgehead atoms. The maximum absolute atomic E-state index is 6.21. The molecule has 2 aromatic carbocycles. The fourth-order valence-electron chi connectivity index (χ4n) is 1.57. The molecule has 2 aromatic rings. The molecule has 0 spiro atoms. The number of anilines is 2. The number of para-hydroxylation sites is 1. The minimum atomic E-state index is 0.445. The van der Waals surface area contributed by atoms with Crippen molar-refractivity contribution in [2.75, 3.05) is 10.6 Å². The van der Waals surface area contributed by atoms with Gasteiger partial charge in [0.2, 0.25) is 0 Å². The van der Waals surface area contributed by atoms with Gasteiger partial charge in [0, 0.05) is 5.69 Å². The van der Waals surface area contributed by atoms with Crippen molar-refractivity contribution in [3.05, 3.63) is 58.1 Å². The minimum Gasteiger partial charge on any atom is -0.332 e. The fraction of sp³-hybridized carbons (Fsp3) is 0.0714. The van der Waals surface area contributed by atoms with E-state index in [1.165, 1.54) is 0 Å². The number of benzene rings is 2. The van der Waals surface area contributed by atoms with E-state index in [4.69, 9.17) is 35.4 Å². The maximum atomic E-state index is 6.21. The van der Waals surface area contributed by atoms with Gasteiger partial charge in [-0.05, 0) is 42.9 Å². The highest BCUT2D eigenvalue weighted by Gasteiger charge is 2.09. The fourth-order valence-corrected chi connectivity index (χ4v) is 2.25. The third-order valence-electron chi connectivity index (χ3n) is 2.55. The molecule has 5 heteroatoms. The number of rotatable bonds is 2. The van der Waals surface area contributed by atoms with E-state index in [2.05, 4.69) is 10.6 Å². The second kappa shape index (κ2) is 6.24. The zero-order valence-electron chi connectivity index (χ0n) is 10.2. The van der Waals surface area contributed by atoms with Crippen molar-refractivity contribution in [2.24, 2.45) is 0 Å². The molecule has 0 aliphatic rings. The van der Waals surface area contributed by atoms with Crippen molar-refractivity contribution in [1.82, 2.24) is 0 Å². The Morgan fingerprint density at radius 2 is 1.68 bits per heavy atom. The predicted octanol–water partition coefficient (Wildman–Crippen LogP) is 5.11. The highest BCUT2D eigenvalue weighted by atomic mass is 35.5. The lowest BCUT2D eigenvalue weighted by Crippen LogP contribution is -2.19. The molecule has 2 rings (SSSR count). The molecule has 0 amide bonds. The Labute approximate surface area is 127 Å². The predicted molar refractivity (Wildman–Crippen MR) is 87.5 cm³/mol. The van der Waals surface area contributed by atoms with Crippen LogP contribution in [0.2, 0.25) is 10.0 Å². The van der Waals surface area contributed by atoms with E-state index in [1.54, 1.807) is 6.07 Å². The topological polar surface area (TPSA) is 24.1 Å². The Morgan fingerprint density at radius 3 is 2.37 bits per heavy atom. The Balaban J connectivity index is 2.14. The van der Waals surface area contributed by atoms with Gasteiger partial charge in [0.15, 0.2) is 5.11 Å². The molecule has 0 heterocycles. The van der Waals surface area contributed by atoms with Crippen LogP contribution in [-0.4, -0.2) is 5.11 Å². The van der Waals surface area contributed by atoms with Gasteiger partial charge in [-0.1, -0.05) is 47.5 Å². The van der Waals surface area contributed by atoms with Crippen LogP contribution in [0.4, 0.5) is 11.4 Å². The smallest absolute Gasteiger partial charge is 0.175 e. The molecule has 2 nitrogen and oxygen atoms in total. The molecular weight excluding hydrogens is 299 g/mol. The van der Waals surface area contributed by atoms with Gasteiger partial charge in [-0.3, -0.25) is 0 Å². The normalized spacial score (nSPS) is 10.1. The molecule has 0 aliphatic carbocycles. The monoisotopic (exact) mass is 310 g/mol. The number of hydrogen-bond acceptors (Lipinski definition) is 1. The van der Waals surface area contributed by atoms with E-state index >= 15 is 0 Å². The summed E-state index contributed by atoms with van der Waals surface area (Å²) < 4.78 is 0. The summed E-state index contributed by atoms with van der Waals surface area (Å²) in [5, 5.41) is 7.65. The summed E-state index contributed by atoms with van der Waals surface area (Å²) in [6.07, 6.45) is 0. The van der Waals surface area contributed by atoms with Crippen LogP contribution in [0.1, 0.15) is 5.56 Å². The van der Waals surface area contributed by atoms with Gasteiger partial charge in [0.1, 0.15) is 0 Å². The molecule has 2 N–H and O–H groups in total. The molecular formula is C14H12Cl2N2S. The van der Waals surface area contributed by atoms with Crippen LogP contribution in [-0.2, 0) is 0 Å². The van der Waals surface area contributed by atoms with Crippen molar-refractivity contribution >= 4 is 51.9 Å². The van der Waals surface area contributed by atoms with Crippen LogP contribution in [0.5, 0.6) is 0 Å². The summed E-state index contributed by atoms with van der Waals surface area (Å²) >= 11 is 17.6. The third-order valence-corrected chi connectivity index (χ3v) is 3.56. The average molecular weight is 311 g/mol. The molecule has 0 unspecified atom stereocenters. The van der Waals surface area contributed by atoms with E-state index in [1.807, 2.05) is 43.3 Å². The van der Waals surface area contributed by atoms with E-state index in [-0.39, 0.29) is 0 Å². The van der Waals surface area contributed by atoms with E-state index in [9.17, 15) is 0 Å². The van der Waals surface area contributed by atoms with Gasteiger partial charge < -0.3 is 10.6 Å². The van der Waals surface area contributed by atoms with Crippen molar-refractivity contribution in [3.63, 3.8) is 0 Å². The molecule has 19 heavy (non-hydrogen) atoms. The number of thiocarbonyl (C=S) groups is 1. The SMILES string of the molecule is Cc1ccc(Cl)c(NC(=S)Nc2ccccc2)c1Cl.